The topological polar surface area (TPSA) is 108 Å². The smallest absolute Gasteiger partial charge is 0.339 e. The lowest BCUT2D eigenvalue weighted by atomic mass is 9.97. The van der Waals surface area contributed by atoms with E-state index in [1.165, 1.54) is 13.3 Å². The van der Waals surface area contributed by atoms with E-state index in [0.717, 1.165) is 11.4 Å². The van der Waals surface area contributed by atoms with Gasteiger partial charge in [0.2, 0.25) is 0 Å². The lowest BCUT2D eigenvalue weighted by Crippen LogP contribution is -2.61. The zero-order valence-electron chi connectivity index (χ0n) is 19.8. The van der Waals surface area contributed by atoms with Crippen LogP contribution in [-0.2, 0) is 4.74 Å². The van der Waals surface area contributed by atoms with Crippen molar-refractivity contribution < 1.29 is 14.3 Å². The number of piperazine rings is 1. The number of nitrogens with zero attached hydrogens (tertiary/aromatic N) is 4. The average molecular weight is 442 g/mol. The third-order valence-corrected chi connectivity index (χ3v) is 5.82. The lowest BCUT2D eigenvalue weighted by molar-refractivity contribution is 0.0505. The van der Waals surface area contributed by atoms with Crippen molar-refractivity contribution >= 4 is 17.7 Å². The predicted octanol–water partition coefficient (Wildman–Crippen LogP) is 2.43. The zero-order valence-corrected chi connectivity index (χ0v) is 19.8. The molecular weight excluding hydrogens is 410 g/mol. The van der Waals surface area contributed by atoms with E-state index in [4.69, 9.17) is 4.74 Å². The van der Waals surface area contributed by atoms with Crippen LogP contribution in [0.1, 0.15) is 71.4 Å². The summed E-state index contributed by atoms with van der Waals surface area (Å²) in [6, 6.07) is 1.88. The molecular formula is C23H31N5O4. The van der Waals surface area contributed by atoms with Crippen LogP contribution in [0.2, 0.25) is 0 Å². The predicted molar refractivity (Wildman–Crippen MR) is 121 cm³/mol. The molecule has 0 bridgehead atoms. The van der Waals surface area contributed by atoms with E-state index in [1.807, 2.05) is 40.7 Å². The summed E-state index contributed by atoms with van der Waals surface area (Å²) < 4.78 is 4.86. The first-order valence-corrected chi connectivity index (χ1v) is 10.7. The maximum Gasteiger partial charge on any atom is 0.339 e. The molecule has 9 nitrogen and oxygen atoms in total. The van der Waals surface area contributed by atoms with Gasteiger partial charge in [-0.15, -0.1) is 0 Å². The van der Waals surface area contributed by atoms with Crippen LogP contribution < -0.4 is 10.5 Å². The Bertz CT molecular complexity index is 1080. The Morgan fingerprint density at radius 2 is 1.88 bits per heavy atom. The molecule has 1 fully saturated rings. The molecule has 0 aliphatic carbocycles. The number of H-pyrrole nitrogens is 1. The lowest BCUT2D eigenvalue weighted by Gasteiger charge is -2.47. The van der Waals surface area contributed by atoms with Crippen molar-refractivity contribution in [2.75, 3.05) is 31.6 Å². The van der Waals surface area contributed by atoms with Crippen molar-refractivity contribution in [1.29, 1.82) is 0 Å². The summed E-state index contributed by atoms with van der Waals surface area (Å²) >= 11 is 0. The van der Waals surface area contributed by atoms with Crippen LogP contribution in [0.3, 0.4) is 0 Å². The SMILES string of the molecule is COC(=O)c1c(C)cc(N2CCN(C(=O)c3c[nH]c(=O)c(C(C)C)n3)C(C)(C)C2)nc1C. The van der Waals surface area contributed by atoms with Gasteiger partial charge in [0.05, 0.1) is 23.9 Å². The molecule has 0 atom stereocenters. The quantitative estimate of drug-likeness (QED) is 0.726. The highest BCUT2D eigenvalue weighted by Gasteiger charge is 2.38. The minimum absolute atomic E-state index is 0.0816. The van der Waals surface area contributed by atoms with Gasteiger partial charge in [0.15, 0.2) is 0 Å². The number of carbonyl (C=O) groups excluding carboxylic acids is 2. The van der Waals surface area contributed by atoms with Gasteiger partial charge in [0.1, 0.15) is 17.2 Å². The number of aryl methyl sites for hydroxylation is 2. The van der Waals surface area contributed by atoms with Gasteiger partial charge in [-0.2, -0.15) is 0 Å². The average Bonchev–Trinajstić information content (AvgIpc) is 2.71. The van der Waals surface area contributed by atoms with Gasteiger partial charge in [-0.1, -0.05) is 13.8 Å². The molecule has 172 valence electrons. The van der Waals surface area contributed by atoms with Crippen LogP contribution >= 0.6 is 0 Å². The van der Waals surface area contributed by atoms with Crippen molar-refractivity contribution in [2.45, 2.75) is 53.0 Å². The highest BCUT2D eigenvalue weighted by Crippen LogP contribution is 2.28. The Hall–Kier alpha value is -3.23. The van der Waals surface area contributed by atoms with Crippen LogP contribution in [0.25, 0.3) is 0 Å². The molecule has 1 saturated heterocycles. The first-order chi connectivity index (χ1) is 15.0. The van der Waals surface area contributed by atoms with Gasteiger partial charge in [-0.25, -0.2) is 14.8 Å². The number of pyridine rings is 1. The Kier molecular flexibility index (Phi) is 6.39. The number of esters is 1. The molecule has 0 radical (unpaired) electrons. The molecule has 0 aromatic carbocycles. The number of amides is 1. The maximum atomic E-state index is 13.3. The molecule has 0 saturated carbocycles. The second kappa shape index (κ2) is 8.72. The number of anilines is 1. The number of ether oxygens (including phenoxy) is 1. The molecule has 1 aliphatic heterocycles. The number of hydrogen-bond acceptors (Lipinski definition) is 7. The second-order valence-electron chi connectivity index (χ2n) is 9.09. The number of methoxy groups -OCH3 is 1. The summed E-state index contributed by atoms with van der Waals surface area (Å²) in [5.41, 5.74) is 1.71. The molecule has 1 aliphatic rings. The van der Waals surface area contributed by atoms with Crippen LogP contribution in [-0.4, -0.2) is 64.0 Å². The number of carbonyl (C=O) groups is 2. The van der Waals surface area contributed by atoms with Crippen molar-refractivity contribution in [1.82, 2.24) is 19.9 Å². The van der Waals surface area contributed by atoms with E-state index in [2.05, 4.69) is 19.9 Å². The second-order valence-corrected chi connectivity index (χ2v) is 9.09. The first-order valence-electron chi connectivity index (χ1n) is 10.7. The van der Waals surface area contributed by atoms with Crippen molar-refractivity contribution in [2.24, 2.45) is 0 Å². The largest absolute Gasteiger partial charge is 0.465 e. The summed E-state index contributed by atoms with van der Waals surface area (Å²) in [6.07, 6.45) is 1.39. The Morgan fingerprint density at radius 3 is 2.44 bits per heavy atom. The molecule has 3 heterocycles. The number of rotatable bonds is 4. The normalized spacial score (nSPS) is 15.8. The Labute approximate surface area is 187 Å². The van der Waals surface area contributed by atoms with Crippen LogP contribution in [0.5, 0.6) is 0 Å². The molecule has 3 rings (SSSR count). The van der Waals surface area contributed by atoms with Crippen molar-refractivity contribution in [3.8, 4) is 0 Å². The van der Waals surface area contributed by atoms with E-state index < -0.39 is 11.5 Å². The van der Waals surface area contributed by atoms with Gasteiger partial charge < -0.3 is 19.5 Å². The van der Waals surface area contributed by atoms with Gasteiger partial charge in [0, 0.05) is 31.7 Å². The van der Waals surface area contributed by atoms with E-state index in [9.17, 15) is 14.4 Å². The summed E-state index contributed by atoms with van der Waals surface area (Å²) in [6.45, 7) is 13.0. The number of hydrogen-bond donors (Lipinski definition) is 1. The van der Waals surface area contributed by atoms with Crippen LogP contribution in [0.15, 0.2) is 17.1 Å². The number of nitrogens with one attached hydrogen (secondary N) is 1. The fraction of sp³-hybridized carbons (Fsp3) is 0.522. The van der Waals surface area contributed by atoms with Crippen molar-refractivity contribution in [3.63, 3.8) is 0 Å². The first kappa shape index (κ1) is 23.4. The minimum atomic E-state index is -0.504. The van der Waals surface area contributed by atoms with Gasteiger partial charge >= 0.3 is 5.97 Å². The molecule has 0 spiro atoms. The van der Waals surface area contributed by atoms with Crippen LogP contribution in [0.4, 0.5) is 5.82 Å². The zero-order chi connectivity index (χ0) is 23.8. The van der Waals surface area contributed by atoms with Gasteiger partial charge in [-0.05, 0) is 39.3 Å². The van der Waals surface area contributed by atoms with E-state index in [-0.39, 0.29) is 23.1 Å². The van der Waals surface area contributed by atoms with Gasteiger partial charge in [-0.3, -0.25) is 9.59 Å². The third-order valence-electron chi connectivity index (χ3n) is 5.82. The molecule has 1 N–H and O–H groups in total. The number of aromatic nitrogens is 3. The maximum absolute atomic E-state index is 13.3. The Morgan fingerprint density at radius 1 is 1.19 bits per heavy atom. The summed E-state index contributed by atoms with van der Waals surface area (Å²) in [4.78, 5) is 52.8. The molecule has 9 heteroatoms. The van der Waals surface area contributed by atoms with Gasteiger partial charge in [0.25, 0.3) is 11.5 Å². The Balaban J connectivity index is 1.85. The van der Waals surface area contributed by atoms with E-state index in [0.29, 0.717) is 36.6 Å². The van der Waals surface area contributed by atoms with Crippen molar-refractivity contribution in [3.05, 3.63) is 50.8 Å². The van der Waals surface area contributed by atoms with E-state index in [1.54, 1.807) is 11.8 Å². The standard InChI is InChI=1S/C23H31N5O4/c1-13(2)19-20(29)24-11-16(26-19)21(30)28-9-8-27(12-23(28,5)6)17-10-14(3)18(15(4)25-17)22(31)32-7/h10-11,13H,8-9,12H2,1-7H3,(H,24,29). The molecule has 2 aromatic heterocycles. The highest BCUT2D eigenvalue weighted by molar-refractivity contribution is 5.93. The number of aromatic amines is 1. The van der Waals surface area contributed by atoms with E-state index >= 15 is 0 Å². The molecule has 32 heavy (non-hydrogen) atoms. The fourth-order valence-corrected chi connectivity index (χ4v) is 4.17. The highest BCUT2D eigenvalue weighted by atomic mass is 16.5. The van der Waals surface area contributed by atoms with Crippen LogP contribution in [0, 0.1) is 13.8 Å². The molecule has 0 unspecified atom stereocenters. The minimum Gasteiger partial charge on any atom is -0.465 e. The molecule has 2 aromatic rings. The third kappa shape index (κ3) is 4.37. The fourth-order valence-electron chi connectivity index (χ4n) is 4.17. The summed E-state index contributed by atoms with van der Waals surface area (Å²) in [5, 5.41) is 0. The summed E-state index contributed by atoms with van der Waals surface area (Å²) in [7, 11) is 1.36. The summed E-state index contributed by atoms with van der Waals surface area (Å²) in [5.74, 6) is 0.0667. The monoisotopic (exact) mass is 441 g/mol. The molecule has 1 amide bonds.